The molecule has 1 aromatic rings. The first-order valence-electron chi connectivity index (χ1n) is 7.61. The van der Waals surface area contributed by atoms with Gasteiger partial charge in [-0.25, -0.2) is 4.85 Å². The fourth-order valence-corrected chi connectivity index (χ4v) is 2.23. The zero-order valence-corrected chi connectivity index (χ0v) is 14.1. The Morgan fingerprint density at radius 2 is 2.22 bits per heavy atom. The van der Waals surface area contributed by atoms with Crippen LogP contribution >= 0.6 is 0 Å². The average molecular weight is 317 g/mol. The minimum atomic E-state index is -0.323. The van der Waals surface area contributed by atoms with Crippen LogP contribution in [-0.2, 0) is 4.84 Å². The lowest BCUT2D eigenvalue weighted by Crippen LogP contribution is -2.42. The van der Waals surface area contributed by atoms with Gasteiger partial charge in [0.1, 0.15) is 0 Å². The van der Waals surface area contributed by atoms with Crippen LogP contribution in [0.25, 0.3) is 4.85 Å². The van der Waals surface area contributed by atoms with Gasteiger partial charge in [-0.05, 0) is 32.9 Å². The first kappa shape index (κ1) is 16.9. The third kappa shape index (κ3) is 4.25. The molecule has 1 aromatic carbocycles. The van der Waals surface area contributed by atoms with Gasteiger partial charge in [-0.15, -0.1) is 5.01 Å². The van der Waals surface area contributed by atoms with Crippen LogP contribution in [0.5, 0.6) is 0 Å². The second kappa shape index (κ2) is 6.73. The van der Waals surface area contributed by atoms with E-state index in [-0.39, 0.29) is 11.6 Å². The molecule has 0 aromatic heterocycles. The molecule has 0 spiro atoms. The number of benzene rings is 1. The van der Waals surface area contributed by atoms with Crippen molar-refractivity contribution in [2.24, 2.45) is 5.28 Å². The molecule has 0 bridgehead atoms. The summed E-state index contributed by atoms with van der Waals surface area (Å²) in [6.07, 6.45) is 0.662. The van der Waals surface area contributed by atoms with Crippen LogP contribution in [0.2, 0.25) is 0 Å². The van der Waals surface area contributed by atoms with Crippen molar-refractivity contribution in [3.8, 4) is 0 Å². The van der Waals surface area contributed by atoms with E-state index in [2.05, 4.69) is 15.0 Å². The van der Waals surface area contributed by atoms with Gasteiger partial charge in [0.05, 0.1) is 30.7 Å². The fourth-order valence-electron chi connectivity index (χ4n) is 2.23. The lowest BCUT2D eigenvalue weighted by molar-refractivity contribution is -0.720. The van der Waals surface area contributed by atoms with E-state index >= 15 is 0 Å². The normalized spacial score (nSPS) is 18.7. The van der Waals surface area contributed by atoms with Gasteiger partial charge in [-0.1, -0.05) is 12.1 Å². The highest BCUT2D eigenvalue weighted by Gasteiger charge is 2.27. The van der Waals surface area contributed by atoms with Crippen molar-refractivity contribution in [1.29, 1.82) is 0 Å². The molecule has 1 fully saturated rings. The topological polar surface area (TPSA) is 58.5 Å². The summed E-state index contributed by atoms with van der Waals surface area (Å²) in [7, 11) is 1.68. The molecule has 7 heteroatoms. The zero-order chi connectivity index (χ0) is 17.0. The molecule has 124 valence electrons. The predicted molar refractivity (Wildman–Crippen MR) is 88.0 cm³/mol. The molecule has 0 N–H and O–H groups in total. The standard InChI is InChI=1S/C16H23N5O2/c1-16(2,3)19(5)21(22)18-23-15-9-10-20(12-15)14-8-6-7-13(11-14)17-4/h6-8,11,15H,9-10,12H2,1-3,5H3/b21-18+/t15-/m1/s1. The van der Waals surface area contributed by atoms with Crippen molar-refractivity contribution >= 4 is 11.4 Å². The fraction of sp³-hybridized carbons (Fsp3) is 0.562. The van der Waals surface area contributed by atoms with E-state index in [9.17, 15) is 5.21 Å². The second-order valence-electron chi connectivity index (χ2n) is 6.62. The summed E-state index contributed by atoms with van der Waals surface area (Å²) in [5, 5.41) is 17.0. The summed E-state index contributed by atoms with van der Waals surface area (Å²) in [6.45, 7) is 14.3. The molecule has 23 heavy (non-hydrogen) atoms. The third-order valence-electron chi connectivity index (χ3n) is 3.96. The minimum absolute atomic E-state index is 0.128. The summed E-state index contributed by atoms with van der Waals surface area (Å²) in [5.41, 5.74) is 1.29. The summed E-state index contributed by atoms with van der Waals surface area (Å²) in [5.74, 6) is 0. The largest absolute Gasteiger partial charge is 0.569 e. The van der Waals surface area contributed by atoms with E-state index in [0.717, 1.165) is 18.7 Å². The van der Waals surface area contributed by atoms with Crippen molar-refractivity contribution in [2.75, 3.05) is 25.0 Å². The van der Waals surface area contributed by atoms with E-state index in [1.54, 1.807) is 13.1 Å². The molecular formula is C16H23N5O2. The molecule has 0 saturated carbocycles. The van der Waals surface area contributed by atoms with Crippen molar-refractivity contribution in [2.45, 2.75) is 38.8 Å². The molecule has 1 saturated heterocycles. The maximum absolute atomic E-state index is 11.9. The lowest BCUT2D eigenvalue weighted by atomic mass is 10.1. The highest BCUT2D eigenvalue weighted by atomic mass is 16.7. The van der Waals surface area contributed by atoms with E-state index in [1.165, 1.54) is 5.01 Å². The second-order valence-corrected chi connectivity index (χ2v) is 6.62. The van der Waals surface area contributed by atoms with E-state index in [4.69, 9.17) is 11.4 Å². The SMILES string of the molecule is [C-]#[N+]c1cccc(N2CC[C@@H](O/N=[N+](/[O-])N(C)C(C)(C)C)C2)c1. The van der Waals surface area contributed by atoms with Gasteiger partial charge in [0.15, 0.2) is 11.8 Å². The smallest absolute Gasteiger partial charge is 0.233 e. The zero-order valence-electron chi connectivity index (χ0n) is 14.1. The van der Waals surface area contributed by atoms with Crippen LogP contribution < -0.4 is 4.90 Å². The van der Waals surface area contributed by atoms with Crippen LogP contribution in [0.15, 0.2) is 29.5 Å². The molecule has 7 nitrogen and oxygen atoms in total. The maximum Gasteiger partial charge on any atom is 0.233 e. The highest BCUT2D eigenvalue weighted by Crippen LogP contribution is 2.26. The Bertz CT molecular complexity index is 618. The van der Waals surface area contributed by atoms with Gasteiger partial charge in [0.25, 0.3) is 0 Å². The van der Waals surface area contributed by atoms with Crippen molar-refractivity contribution in [3.05, 3.63) is 40.9 Å². The Morgan fingerprint density at radius 1 is 1.48 bits per heavy atom. The van der Waals surface area contributed by atoms with Crippen LogP contribution in [0.3, 0.4) is 0 Å². The van der Waals surface area contributed by atoms with Gasteiger partial charge >= 0.3 is 0 Å². The van der Waals surface area contributed by atoms with Crippen LogP contribution in [0.4, 0.5) is 11.4 Å². The highest BCUT2D eigenvalue weighted by molar-refractivity contribution is 5.59. The third-order valence-corrected chi connectivity index (χ3v) is 3.96. The molecule has 1 aliphatic heterocycles. The summed E-state index contributed by atoms with van der Waals surface area (Å²) in [4.78, 5) is 11.5. The van der Waals surface area contributed by atoms with Crippen molar-refractivity contribution in [1.82, 2.24) is 5.01 Å². The van der Waals surface area contributed by atoms with Gasteiger partial charge < -0.3 is 14.9 Å². The van der Waals surface area contributed by atoms with Gasteiger partial charge in [-0.2, -0.15) is 0 Å². The van der Waals surface area contributed by atoms with E-state index in [0.29, 0.717) is 17.2 Å². The first-order valence-corrected chi connectivity index (χ1v) is 7.61. The Balaban J connectivity index is 1.94. The summed E-state index contributed by atoms with van der Waals surface area (Å²) < 4.78 is 0. The number of hydrogen-bond donors (Lipinski definition) is 0. The number of hydrazine groups is 1. The molecule has 1 heterocycles. The van der Waals surface area contributed by atoms with Crippen LogP contribution in [0.1, 0.15) is 27.2 Å². The number of nitrogens with zero attached hydrogens (tertiary/aromatic N) is 5. The first-order chi connectivity index (χ1) is 10.8. The molecular weight excluding hydrogens is 294 g/mol. The van der Waals surface area contributed by atoms with Gasteiger partial charge in [0, 0.05) is 18.7 Å². The lowest BCUT2D eigenvalue weighted by Gasteiger charge is -2.26. The predicted octanol–water partition coefficient (Wildman–Crippen LogP) is 3.36. The Morgan fingerprint density at radius 3 is 2.87 bits per heavy atom. The quantitative estimate of drug-likeness (QED) is 0.370. The molecule has 1 aliphatic rings. The molecule has 0 unspecified atom stereocenters. The Hall–Kier alpha value is -2.49. The number of anilines is 1. The molecule has 0 amide bonds. The maximum atomic E-state index is 11.9. The monoisotopic (exact) mass is 317 g/mol. The van der Waals surface area contributed by atoms with Crippen molar-refractivity contribution in [3.63, 3.8) is 0 Å². The number of hydrogen-bond acceptors (Lipinski definition) is 4. The Labute approximate surface area is 137 Å². The van der Waals surface area contributed by atoms with E-state index in [1.807, 2.05) is 39.0 Å². The van der Waals surface area contributed by atoms with Crippen LogP contribution in [-0.4, -0.2) is 41.8 Å². The summed E-state index contributed by atoms with van der Waals surface area (Å²) >= 11 is 0. The average Bonchev–Trinajstić information content (AvgIpc) is 3.00. The molecule has 2 rings (SSSR count). The molecule has 0 aliphatic carbocycles. The number of rotatable bonds is 4. The van der Waals surface area contributed by atoms with Crippen LogP contribution in [0, 0.1) is 11.8 Å². The van der Waals surface area contributed by atoms with E-state index < -0.39 is 0 Å². The molecule has 1 atom stereocenters. The van der Waals surface area contributed by atoms with Gasteiger partial charge in [-0.3, -0.25) is 0 Å². The minimum Gasteiger partial charge on any atom is -0.569 e. The van der Waals surface area contributed by atoms with Crippen molar-refractivity contribution < 1.29 is 9.81 Å². The Kier molecular flexibility index (Phi) is 4.94. The summed E-state index contributed by atoms with van der Waals surface area (Å²) in [6, 6.07) is 7.49. The molecule has 0 radical (unpaired) electrons. The van der Waals surface area contributed by atoms with Gasteiger partial charge in [0.2, 0.25) is 5.28 Å².